The molecule has 2 heterocycles. The summed E-state index contributed by atoms with van der Waals surface area (Å²) >= 11 is 1.50. The Bertz CT molecular complexity index is 917. The van der Waals surface area contributed by atoms with Crippen LogP contribution in [0.1, 0.15) is 31.4 Å². The first-order chi connectivity index (χ1) is 12.0. The molecule has 0 unspecified atom stereocenters. The average Bonchev–Trinajstić information content (AvgIpc) is 3.25. The molecule has 0 radical (unpaired) electrons. The molecule has 8 heteroatoms. The van der Waals surface area contributed by atoms with E-state index in [0.29, 0.717) is 23.5 Å². The number of thiazole rings is 1. The zero-order chi connectivity index (χ0) is 18.0. The van der Waals surface area contributed by atoms with E-state index in [1.165, 1.54) is 11.3 Å². The van der Waals surface area contributed by atoms with E-state index in [4.69, 9.17) is 5.73 Å². The number of hydrogen-bond acceptors (Lipinski definition) is 5. The van der Waals surface area contributed by atoms with E-state index < -0.39 is 5.91 Å². The number of aromatic nitrogens is 3. The van der Waals surface area contributed by atoms with Crippen LogP contribution in [0.25, 0.3) is 11.4 Å². The molecule has 1 aromatic carbocycles. The Labute approximate surface area is 148 Å². The third kappa shape index (κ3) is 3.43. The van der Waals surface area contributed by atoms with Gasteiger partial charge in [-0.2, -0.15) is 0 Å². The maximum Gasteiger partial charge on any atom is 0.254 e. The van der Waals surface area contributed by atoms with E-state index >= 15 is 0 Å². The van der Waals surface area contributed by atoms with Crippen LogP contribution in [0.5, 0.6) is 0 Å². The van der Waals surface area contributed by atoms with Gasteiger partial charge < -0.3 is 15.6 Å². The first kappa shape index (κ1) is 16.8. The van der Waals surface area contributed by atoms with Gasteiger partial charge in [0.05, 0.1) is 17.7 Å². The Morgan fingerprint density at radius 3 is 2.68 bits per heavy atom. The summed E-state index contributed by atoms with van der Waals surface area (Å²) in [5.41, 5.74) is 7.42. The Balaban J connectivity index is 1.99. The summed E-state index contributed by atoms with van der Waals surface area (Å²) in [6, 6.07) is 4.89. The lowest BCUT2D eigenvalue weighted by Crippen LogP contribution is -2.27. The number of H-pyrrole nitrogens is 1. The van der Waals surface area contributed by atoms with E-state index in [9.17, 15) is 9.59 Å². The maximum atomic E-state index is 13.0. The second-order valence-corrected chi connectivity index (χ2v) is 6.52. The van der Waals surface area contributed by atoms with Crippen LogP contribution in [0, 0.1) is 6.92 Å². The standard InChI is InChI=1S/C17H17N5O2S/c1-10-9-25-13(21-10)8-22(2)17(24)12-5-3-4-11(15(18)23)14(12)16-19-6-7-20-16/h3-7,9H,8H2,1-2H3,(H2,18,23)(H,19,20). The van der Waals surface area contributed by atoms with Gasteiger partial charge in [0.2, 0.25) is 5.91 Å². The Morgan fingerprint density at radius 2 is 2.08 bits per heavy atom. The SMILES string of the molecule is Cc1csc(CN(C)C(=O)c2cccc(C(N)=O)c2-c2ncc[nH]2)n1. The smallest absolute Gasteiger partial charge is 0.254 e. The van der Waals surface area contributed by atoms with E-state index in [0.717, 1.165) is 10.7 Å². The number of hydrogen-bond donors (Lipinski definition) is 2. The lowest BCUT2D eigenvalue weighted by atomic mass is 9.98. The van der Waals surface area contributed by atoms with Crippen molar-refractivity contribution in [2.24, 2.45) is 5.73 Å². The minimum atomic E-state index is -0.612. The molecule has 3 rings (SSSR count). The lowest BCUT2D eigenvalue weighted by Gasteiger charge is -2.18. The van der Waals surface area contributed by atoms with Gasteiger partial charge in [0.1, 0.15) is 10.8 Å². The van der Waals surface area contributed by atoms with Crippen LogP contribution in [-0.4, -0.2) is 38.7 Å². The van der Waals surface area contributed by atoms with Crippen molar-refractivity contribution in [3.05, 3.63) is 57.8 Å². The number of imidazole rings is 1. The number of amides is 2. The minimum Gasteiger partial charge on any atom is -0.366 e. The summed E-state index contributed by atoms with van der Waals surface area (Å²) in [6.07, 6.45) is 3.19. The largest absolute Gasteiger partial charge is 0.366 e. The number of rotatable bonds is 5. The van der Waals surface area contributed by atoms with Crippen molar-refractivity contribution in [3.8, 4) is 11.4 Å². The summed E-state index contributed by atoms with van der Waals surface area (Å²) in [4.78, 5) is 37.8. The van der Waals surface area contributed by atoms with Gasteiger partial charge >= 0.3 is 0 Å². The van der Waals surface area contributed by atoms with E-state index in [1.54, 1.807) is 42.5 Å². The molecule has 3 aromatic rings. The molecule has 0 bridgehead atoms. The molecule has 0 aliphatic rings. The van der Waals surface area contributed by atoms with Crippen LogP contribution in [-0.2, 0) is 6.54 Å². The molecule has 0 atom stereocenters. The van der Waals surface area contributed by atoms with Crippen LogP contribution in [0.2, 0.25) is 0 Å². The van der Waals surface area contributed by atoms with Gasteiger partial charge in [-0.25, -0.2) is 9.97 Å². The van der Waals surface area contributed by atoms with Crippen LogP contribution < -0.4 is 5.73 Å². The Hall–Kier alpha value is -3.00. The average molecular weight is 355 g/mol. The fourth-order valence-corrected chi connectivity index (χ4v) is 3.37. The zero-order valence-electron chi connectivity index (χ0n) is 13.8. The van der Waals surface area contributed by atoms with Crippen molar-refractivity contribution in [2.75, 3.05) is 7.05 Å². The summed E-state index contributed by atoms with van der Waals surface area (Å²) in [5.74, 6) is -0.419. The van der Waals surface area contributed by atoms with Gasteiger partial charge in [-0.1, -0.05) is 6.07 Å². The number of nitrogens with zero attached hydrogens (tertiary/aromatic N) is 3. The Morgan fingerprint density at radius 1 is 1.32 bits per heavy atom. The molecule has 0 fully saturated rings. The minimum absolute atomic E-state index is 0.234. The molecule has 7 nitrogen and oxygen atoms in total. The number of carbonyl (C=O) groups is 2. The van der Waals surface area contributed by atoms with E-state index in [1.807, 2.05) is 12.3 Å². The van der Waals surface area contributed by atoms with Gasteiger partial charge in [-0.05, 0) is 19.1 Å². The monoisotopic (exact) mass is 355 g/mol. The molecule has 128 valence electrons. The molecule has 0 spiro atoms. The van der Waals surface area contributed by atoms with Crippen molar-refractivity contribution in [3.63, 3.8) is 0 Å². The number of aryl methyl sites for hydroxylation is 1. The second kappa shape index (κ2) is 6.86. The lowest BCUT2D eigenvalue weighted by molar-refractivity contribution is 0.0785. The number of carbonyl (C=O) groups excluding carboxylic acids is 2. The van der Waals surface area contributed by atoms with Gasteiger partial charge in [-0.3, -0.25) is 9.59 Å². The number of benzene rings is 1. The highest BCUT2D eigenvalue weighted by Crippen LogP contribution is 2.26. The molecule has 0 aliphatic heterocycles. The predicted molar refractivity (Wildman–Crippen MR) is 95.2 cm³/mol. The van der Waals surface area contributed by atoms with Crippen molar-refractivity contribution in [1.29, 1.82) is 0 Å². The summed E-state index contributed by atoms with van der Waals surface area (Å²) in [6.45, 7) is 2.29. The summed E-state index contributed by atoms with van der Waals surface area (Å²) in [5, 5.41) is 2.79. The number of nitrogens with one attached hydrogen (secondary N) is 1. The molecule has 2 aromatic heterocycles. The molecule has 3 N–H and O–H groups in total. The number of nitrogens with two attached hydrogens (primary N) is 1. The molecule has 0 saturated heterocycles. The fourth-order valence-electron chi connectivity index (χ4n) is 2.55. The van der Waals surface area contributed by atoms with Crippen LogP contribution in [0.4, 0.5) is 0 Å². The predicted octanol–water partition coefficient (Wildman–Crippen LogP) is 2.21. The highest BCUT2D eigenvalue weighted by atomic mass is 32.1. The van der Waals surface area contributed by atoms with Gasteiger partial charge in [0.25, 0.3) is 5.91 Å². The second-order valence-electron chi connectivity index (χ2n) is 5.57. The van der Waals surface area contributed by atoms with E-state index in [2.05, 4.69) is 15.0 Å². The summed E-state index contributed by atoms with van der Waals surface area (Å²) in [7, 11) is 1.70. The molecular weight excluding hydrogens is 338 g/mol. The van der Waals surface area contributed by atoms with Crippen molar-refractivity contribution < 1.29 is 9.59 Å². The van der Waals surface area contributed by atoms with Gasteiger partial charge in [0.15, 0.2) is 0 Å². The molecule has 25 heavy (non-hydrogen) atoms. The maximum absolute atomic E-state index is 13.0. The van der Waals surface area contributed by atoms with Crippen molar-refractivity contribution >= 4 is 23.2 Å². The third-order valence-electron chi connectivity index (χ3n) is 3.68. The van der Waals surface area contributed by atoms with Crippen LogP contribution in [0.15, 0.2) is 36.0 Å². The van der Waals surface area contributed by atoms with Crippen molar-refractivity contribution in [2.45, 2.75) is 13.5 Å². The van der Waals surface area contributed by atoms with Crippen molar-refractivity contribution in [1.82, 2.24) is 19.9 Å². The fraction of sp³-hybridized carbons (Fsp3) is 0.176. The number of aromatic amines is 1. The van der Waals surface area contributed by atoms with Gasteiger partial charge in [0, 0.05) is 36.1 Å². The first-order valence-electron chi connectivity index (χ1n) is 7.56. The van der Waals surface area contributed by atoms with Gasteiger partial charge in [-0.15, -0.1) is 11.3 Å². The normalized spacial score (nSPS) is 10.6. The highest BCUT2D eigenvalue weighted by Gasteiger charge is 2.23. The summed E-state index contributed by atoms with van der Waals surface area (Å²) < 4.78 is 0. The third-order valence-corrected chi connectivity index (χ3v) is 4.63. The molecule has 0 aliphatic carbocycles. The number of primary amides is 1. The van der Waals surface area contributed by atoms with E-state index in [-0.39, 0.29) is 11.5 Å². The molecule has 0 saturated carbocycles. The molecule has 2 amide bonds. The topological polar surface area (TPSA) is 105 Å². The first-order valence-corrected chi connectivity index (χ1v) is 8.44. The quantitative estimate of drug-likeness (QED) is 0.732. The Kier molecular flexibility index (Phi) is 4.62. The highest BCUT2D eigenvalue weighted by molar-refractivity contribution is 7.09. The van der Waals surface area contributed by atoms with Crippen LogP contribution >= 0.6 is 11.3 Å². The molecular formula is C17H17N5O2S. The zero-order valence-corrected chi connectivity index (χ0v) is 14.6. The van der Waals surface area contributed by atoms with Crippen LogP contribution in [0.3, 0.4) is 0 Å².